The zero-order valence-electron chi connectivity index (χ0n) is 16.0. The summed E-state index contributed by atoms with van der Waals surface area (Å²) >= 11 is 0. The van der Waals surface area contributed by atoms with Crippen LogP contribution in [0.15, 0.2) is 42.7 Å². The van der Waals surface area contributed by atoms with Crippen molar-refractivity contribution in [1.82, 2.24) is 19.0 Å². The van der Waals surface area contributed by atoms with E-state index in [4.69, 9.17) is 4.74 Å². The van der Waals surface area contributed by atoms with E-state index in [1.807, 2.05) is 26.2 Å². The van der Waals surface area contributed by atoms with E-state index >= 15 is 0 Å². The van der Waals surface area contributed by atoms with Gasteiger partial charge in [-0.25, -0.2) is 8.42 Å². The summed E-state index contributed by atoms with van der Waals surface area (Å²) in [5.41, 5.74) is 0.696. The third kappa shape index (κ3) is 3.34. The summed E-state index contributed by atoms with van der Waals surface area (Å²) in [5.74, 6) is -0.130. The summed E-state index contributed by atoms with van der Waals surface area (Å²) in [4.78, 5) is 14.0. The lowest BCUT2D eigenvalue weighted by Crippen LogP contribution is -2.62. The van der Waals surface area contributed by atoms with Crippen molar-refractivity contribution in [3.63, 3.8) is 0 Å². The molecule has 4 rings (SSSR count). The maximum Gasteiger partial charge on any atom is 0.253 e. The summed E-state index contributed by atoms with van der Waals surface area (Å²) in [6.07, 6.45) is 3.56. The Morgan fingerprint density at radius 2 is 1.96 bits per heavy atom. The molecule has 2 fully saturated rings. The number of sulfonamides is 1. The zero-order chi connectivity index (χ0) is 19.9. The topological polar surface area (TPSA) is 84.7 Å². The Balaban J connectivity index is 1.44. The summed E-state index contributed by atoms with van der Waals surface area (Å²) in [5, 5.41) is 3.60. The predicted molar refractivity (Wildman–Crippen MR) is 103 cm³/mol. The van der Waals surface area contributed by atoms with Crippen LogP contribution in [0.2, 0.25) is 0 Å². The van der Waals surface area contributed by atoms with E-state index in [-0.39, 0.29) is 25.5 Å². The first-order valence-electron chi connectivity index (χ1n) is 9.26. The number of amides is 1. The number of hydrogen-bond donors (Lipinski definition) is 0. The van der Waals surface area contributed by atoms with Crippen LogP contribution >= 0.6 is 0 Å². The summed E-state index contributed by atoms with van der Waals surface area (Å²) in [7, 11) is -1.70. The molecule has 3 heterocycles. The fourth-order valence-corrected chi connectivity index (χ4v) is 5.60. The normalized spacial score (nSPS) is 24.1. The van der Waals surface area contributed by atoms with E-state index in [0.29, 0.717) is 18.7 Å². The number of aromatic nitrogens is 2. The molecule has 0 aliphatic carbocycles. The van der Waals surface area contributed by atoms with Gasteiger partial charge >= 0.3 is 0 Å². The lowest BCUT2D eigenvalue weighted by molar-refractivity contribution is -0.0825. The van der Waals surface area contributed by atoms with Gasteiger partial charge in [0.25, 0.3) is 5.91 Å². The van der Waals surface area contributed by atoms with Gasteiger partial charge in [0, 0.05) is 50.6 Å². The molecule has 8 nitrogen and oxygen atoms in total. The van der Waals surface area contributed by atoms with Gasteiger partial charge in [-0.05, 0) is 19.1 Å². The van der Waals surface area contributed by atoms with Crippen molar-refractivity contribution in [3.8, 4) is 0 Å². The second kappa shape index (κ2) is 6.98. The highest BCUT2D eigenvalue weighted by Gasteiger charge is 2.46. The average Bonchev–Trinajstić information content (AvgIpc) is 3.08. The number of nitrogens with zero attached hydrogens (tertiary/aromatic N) is 4. The molecule has 28 heavy (non-hydrogen) atoms. The standard InChI is InChI=1S/C19H24N4O4S/c1-19(16-10-20-21(2)11-16)14-23(8-9-27-19)28(25,26)17-12-22(13-17)18(24)15-6-4-3-5-7-15/h3-7,10-11,17H,8-9,12-14H2,1-2H3/t19-/m1/s1. The molecular weight excluding hydrogens is 380 g/mol. The molecule has 150 valence electrons. The maximum atomic E-state index is 13.1. The SMILES string of the molecule is Cn1cc([C@@]2(C)CN(S(=O)(=O)C3CN(C(=O)c4ccccc4)C3)CCO2)cn1. The van der Waals surface area contributed by atoms with Gasteiger partial charge in [-0.15, -0.1) is 0 Å². The lowest BCUT2D eigenvalue weighted by Gasteiger charge is -2.44. The molecule has 2 aliphatic rings. The van der Waals surface area contributed by atoms with Crippen LogP contribution in [0.1, 0.15) is 22.8 Å². The van der Waals surface area contributed by atoms with Gasteiger partial charge in [-0.2, -0.15) is 9.40 Å². The summed E-state index contributed by atoms with van der Waals surface area (Å²) in [6, 6.07) is 8.93. The second-order valence-corrected chi connectivity index (χ2v) is 9.77. The molecule has 1 aromatic carbocycles. The van der Waals surface area contributed by atoms with Gasteiger partial charge in [0.15, 0.2) is 0 Å². The number of carbonyl (C=O) groups is 1. The summed E-state index contributed by atoms with van der Waals surface area (Å²) in [6.45, 7) is 3.21. The number of aryl methyl sites for hydroxylation is 1. The maximum absolute atomic E-state index is 13.1. The predicted octanol–water partition coefficient (Wildman–Crippen LogP) is 0.822. The van der Waals surface area contributed by atoms with Gasteiger partial charge < -0.3 is 9.64 Å². The van der Waals surface area contributed by atoms with Crippen molar-refractivity contribution in [3.05, 3.63) is 53.9 Å². The van der Waals surface area contributed by atoms with Crippen LogP contribution in [-0.4, -0.2) is 71.3 Å². The highest BCUT2D eigenvalue weighted by atomic mass is 32.2. The van der Waals surface area contributed by atoms with E-state index in [2.05, 4.69) is 5.10 Å². The van der Waals surface area contributed by atoms with Crippen molar-refractivity contribution in [2.45, 2.75) is 17.8 Å². The summed E-state index contributed by atoms with van der Waals surface area (Å²) < 4.78 is 35.3. The van der Waals surface area contributed by atoms with Crippen LogP contribution in [-0.2, 0) is 27.4 Å². The molecule has 0 unspecified atom stereocenters. The highest BCUT2D eigenvalue weighted by molar-refractivity contribution is 7.89. The Labute approximate surface area is 164 Å². The van der Waals surface area contributed by atoms with Crippen molar-refractivity contribution in [2.75, 3.05) is 32.8 Å². The van der Waals surface area contributed by atoms with Crippen LogP contribution < -0.4 is 0 Å². The molecule has 2 aliphatic heterocycles. The highest BCUT2D eigenvalue weighted by Crippen LogP contribution is 2.32. The molecule has 9 heteroatoms. The van der Waals surface area contributed by atoms with Crippen LogP contribution in [0.5, 0.6) is 0 Å². The Hall–Kier alpha value is -2.23. The van der Waals surface area contributed by atoms with E-state index in [1.165, 1.54) is 4.31 Å². The minimum Gasteiger partial charge on any atom is -0.368 e. The Morgan fingerprint density at radius 3 is 2.61 bits per heavy atom. The van der Waals surface area contributed by atoms with E-state index in [0.717, 1.165) is 5.56 Å². The smallest absolute Gasteiger partial charge is 0.253 e. The van der Waals surface area contributed by atoms with Crippen LogP contribution in [0.25, 0.3) is 0 Å². The number of ether oxygens (including phenoxy) is 1. The Morgan fingerprint density at radius 1 is 1.25 bits per heavy atom. The fraction of sp³-hybridized carbons (Fsp3) is 0.474. The Kier molecular flexibility index (Phi) is 4.76. The van der Waals surface area contributed by atoms with Crippen LogP contribution in [0, 0.1) is 0 Å². The molecule has 0 saturated carbocycles. The molecular formula is C19H24N4O4S. The molecule has 2 aromatic rings. The van der Waals surface area contributed by atoms with Crippen molar-refractivity contribution in [1.29, 1.82) is 0 Å². The minimum atomic E-state index is -3.51. The molecule has 2 saturated heterocycles. The zero-order valence-corrected chi connectivity index (χ0v) is 16.8. The third-order valence-electron chi connectivity index (χ3n) is 5.49. The number of rotatable bonds is 4. The molecule has 1 atom stereocenters. The number of carbonyl (C=O) groups excluding carboxylic acids is 1. The molecule has 0 radical (unpaired) electrons. The Bertz CT molecular complexity index is 969. The van der Waals surface area contributed by atoms with Gasteiger partial charge in [-0.1, -0.05) is 18.2 Å². The quantitative estimate of drug-likeness (QED) is 0.753. The van der Waals surface area contributed by atoms with E-state index < -0.39 is 20.9 Å². The largest absolute Gasteiger partial charge is 0.368 e. The van der Waals surface area contributed by atoms with Crippen LogP contribution in [0.4, 0.5) is 0 Å². The van der Waals surface area contributed by atoms with Gasteiger partial charge in [0.05, 0.1) is 12.8 Å². The first kappa shape index (κ1) is 19.1. The second-order valence-electron chi connectivity index (χ2n) is 7.56. The van der Waals surface area contributed by atoms with E-state index in [1.54, 1.807) is 40.0 Å². The molecule has 1 amide bonds. The van der Waals surface area contributed by atoms with Gasteiger partial charge in [-0.3, -0.25) is 9.48 Å². The monoisotopic (exact) mass is 404 g/mol. The van der Waals surface area contributed by atoms with Gasteiger partial charge in [0.1, 0.15) is 10.9 Å². The van der Waals surface area contributed by atoms with Gasteiger partial charge in [0.2, 0.25) is 10.0 Å². The molecule has 0 spiro atoms. The molecule has 1 aromatic heterocycles. The molecule has 0 bridgehead atoms. The first-order chi connectivity index (χ1) is 13.3. The van der Waals surface area contributed by atoms with Crippen LogP contribution in [0.3, 0.4) is 0 Å². The number of benzene rings is 1. The number of hydrogen-bond acceptors (Lipinski definition) is 5. The minimum absolute atomic E-state index is 0.130. The number of morpholine rings is 1. The first-order valence-corrected chi connectivity index (χ1v) is 10.8. The van der Waals surface area contributed by atoms with Crippen molar-refractivity contribution >= 4 is 15.9 Å². The van der Waals surface area contributed by atoms with E-state index in [9.17, 15) is 13.2 Å². The van der Waals surface area contributed by atoms with Crippen molar-refractivity contribution < 1.29 is 17.9 Å². The average molecular weight is 404 g/mol. The number of likely N-dealkylation sites (tertiary alicyclic amines) is 1. The lowest BCUT2D eigenvalue weighted by atomic mass is 9.98. The third-order valence-corrected chi connectivity index (χ3v) is 7.66. The fourth-order valence-electron chi connectivity index (χ4n) is 3.69. The van der Waals surface area contributed by atoms with Crippen molar-refractivity contribution in [2.24, 2.45) is 7.05 Å². The molecule has 0 N–H and O–H groups in total.